The van der Waals surface area contributed by atoms with Crippen molar-refractivity contribution >= 4 is 22.2 Å². The number of fused-ring (bicyclic) bond motifs is 1. The van der Waals surface area contributed by atoms with Gasteiger partial charge in [-0.1, -0.05) is 18.2 Å². The zero-order valence-electron chi connectivity index (χ0n) is 10.5. The standard InChI is InChI=1S/C14H14N4S/c1-9-17-13(8-19-9)14(18-15)11-5-4-10-3-2-6-16-12(10)7-11/h2-8,14,18H,15H2,1H3. The molecule has 0 bridgehead atoms. The summed E-state index contributed by atoms with van der Waals surface area (Å²) in [6, 6.07) is 10.0. The largest absolute Gasteiger partial charge is 0.271 e. The first-order valence-corrected chi connectivity index (χ1v) is 6.89. The number of aryl methyl sites for hydroxylation is 1. The van der Waals surface area contributed by atoms with Crippen LogP contribution in [0.1, 0.15) is 22.3 Å². The summed E-state index contributed by atoms with van der Waals surface area (Å²) in [5, 5.41) is 4.19. The zero-order valence-corrected chi connectivity index (χ0v) is 11.3. The first kappa shape index (κ1) is 12.2. The predicted octanol–water partition coefficient (Wildman–Crippen LogP) is 2.55. The highest BCUT2D eigenvalue weighted by molar-refractivity contribution is 7.09. The van der Waals surface area contributed by atoms with Crippen LogP contribution in [0.15, 0.2) is 41.9 Å². The molecule has 19 heavy (non-hydrogen) atoms. The van der Waals surface area contributed by atoms with Gasteiger partial charge < -0.3 is 0 Å². The van der Waals surface area contributed by atoms with E-state index in [1.165, 1.54) is 0 Å². The number of hydrazine groups is 1. The Morgan fingerprint density at radius 2 is 2.21 bits per heavy atom. The summed E-state index contributed by atoms with van der Waals surface area (Å²) in [6.07, 6.45) is 1.80. The van der Waals surface area contributed by atoms with Crippen molar-refractivity contribution in [2.24, 2.45) is 5.84 Å². The second-order valence-electron chi connectivity index (χ2n) is 4.35. The third-order valence-electron chi connectivity index (χ3n) is 3.06. The lowest BCUT2D eigenvalue weighted by Crippen LogP contribution is -2.29. The van der Waals surface area contributed by atoms with Crippen molar-refractivity contribution in [1.82, 2.24) is 15.4 Å². The summed E-state index contributed by atoms with van der Waals surface area (Å²) in [5.74, 6) is 5.68. The van der Waals surface area contributed by atoms with Gasteiger partial charge in [0.05, 0.1) is 22.3 Å². The molecule has 5 heteroatoms. The van der Waals surface area contributed by atoms with Crippen molar-refractivity contribution in [3.63, 3.8) is 0 Å². The molecule has 3 aromatic rings. The molecular formula is C14H14N4S. The Morgan fingerprint density at radius 3 is 2.95 bits per heavy atom. The van der Waals surface area contributed by atoms with Gasteiger partial charge in [-0.25, -0.2) is 10.4 Å². The molecule has 0 saturated heterocycles. The van der Waals surface area contributed by atoms with Crippen molar-refractivity contribution in [3.8, 4) is 0 Å². The Labute approximate surface area is 115 Å². The number of nitrogens with one attached hydrogen (secondary N) is 1. The van der Waals surface area contributed by atoms with Crippen LogP contribution in [-0.4, -0.2) is 9.97 Å². The number of hydrogen-bond donors (Lipinski definition) is 2. The topological polar surface area (TPSA) is 63.8 Å². The molecule has 0 aliphatic rings. The molecule has 0 radical (unpaired) electrons. The summed E-state index contributed by atoms with van der Waals surface area (Å²) in [6.45, 7) is 1.99. The molecule has 0 amide bonds. The van der Waals surface area contributed by atoms with E-state index in [1.807, 2.05) is 24.4 Å². The quantitative estimate of drug-likeness (QED) is 0.567. The maximum atomic E-state index is 5.68. The maximum absolute atomic E-state index is 5.68. The lowest BCUT2D eigenvalue weighted by atomic mass is 10.0. The van der Waals surface area contributed by atoms with E-state index in [0.717, 1.165) is 27.2 Å². The fourth-order valence-corrected chi connectivity index (χ4v) is 2.77. The SMILES string of the molecule is Cc1nc(C(NN)c2ccc3cccnc3c2)cs1. The number of rotatable bonds is 3. The van der Waals surface area contributed by atoms with Crippen LogP contribution < -0.4 is 11.3 Å². The van der Waals surface area contributed by atoms with Crippen molar-refractivity contribution < 1.29 is 0 Å². The van der Waals surface area contributed by atoms with Crippen LogP contribution in [0.5, 0.6) is 0 Å². The van der Waals surface area contributed by atoms with E-state index < -0.39 is 0 Å². The van der Waals surface area contributed by atoms with Gasteiger partial charge >= 0.3 is 0 Å². The number of nitrogens with two attached hydrogens (primary N) is 1. The first-order valence-electron chi connectivity index (χ1n) is 6.01. The average molecular weight is 270 g/mol. The third-order valence-corrected chi connectivity index (χ3v) is 3.85. The molecule has 1 atom stereocenters. The fourth-order valence-electron chi connectivity index (χ4n) is 2.13. The Morgan fingerprint density at radius 1 is 1.32 bits per heavy atom. The molecule has 2 heterocycles. The molecule has 0 saturated carbocycles. The minimum absolute atomic E-state index is 0.101. The second-order valence-corrected chi connectivity index (χ2v) is 5.41. The minimum atomic E-state index is -0.101. The van der Waals surface area contributed by atoms with Gasteiger partial charge in [0.2, 0.25) is 0 Å². The molecule has 3 rings (SSSR count). The number of aromatic nitrogens is 2. The van der Waals surface area contributed by atoms with E-state index in [0.29, 0.717) is 0 Å². The van der Waals surface area contributed by atoms with Gasteiger partial charge in [-0.3, -0.25) is 10.8 Å². The van der Waals surface area contributed by atoms with E-state index in [4.69, 9.17) is 5.84 Å². The van der Waals surface area contributed by atoms with Crippen molar-refractivity contribution in [2.45, 2.75) is 13.0 Å². The normalized spacial score (nSPS) is 12.7. The van der Waals surface area contributed by atoms with Crippen molar-refractivity contribution in [1.29, 1.82) is 0 Å². The Hall–Kier alpha value is -1.82. The van der Waals surface area contributed by atoms with E-state index in [1.54, 1.807) is 17.5 Å². The van der Waals surface area contributed by atoms with Gasteiger partial charge in [-0.2, -0.15) is 0 Å². The second kappa shape index (κ2) is 5.05. The van der Waals surface area contributed by atoms with Crippen LogP contribution in [0.2, 0.25) is 0 Å². The molecule has 3 N–H and O–H groups in total. The number of pyridine rings is 1. The summed E-state index contributed by atoms with van der Waals surface area (Å²) >= 11 is 1.62. The van der Waals surface area contributed by atoms with E-state index >= 15 is 0 Å². The van der Waals surface area contributed by atoms with Crippen LogP contribution >= 0.6 is 11.3 Å². The van der Waals surface area contributed by atoms with E-state index in [9.17, 15) is 0 Å². The van der Waals surface area contributed by atoms with Gasteiger partial charge in [0, 0.05) is 17.0 Å². The molecule has 1 aromatic carbocycles. The number of hydrogen-bond acceptors (Lipinski definition) is 5. The Bertz CT molecular complexity index is 707. The molecular weight excluding hydrogens is 256 g/mol. The zero-order chi connectivity index (χ0) is 13.2. The third kappa shape index (κ3) is 2.35. The van der Waals surface area contributed by atoms with Crippen LogP contribution in [0.3, 0.4) is 0 Å². The molecule has 1 unspecified atom stereocenters. The summed E-state index contributed by atoms with van der Waals surface area (Å²) in [7, 11) is 0. The fraction of sp³-hybridized carbons (Fsp3) is 0.143. The Balaban J connectivity index is 2.06. The molecule has 0 spiro atoms. The van der Waals surface area contributed by atoms with Crippen molar-refractivity contribution in [2.75, 3.05) is 0 Å². The number of nitrogens with zero attached hydrogens (tertiary/aromatic N) is 2. The van der Waals surface area contributed by atoms with E-state index in [2.05, 4.69) is 33.6 Å². The molecule has 0 aliphatic heterocycles. The molecule has 0 aliphatic carbocycles. The lowest BCUT2D eigenvalue weighted by molar-refractivity contribution is 0.623. The monoisotopic (exact) mass is 270 g/mol. The summed E-state index contributed by atoms with van der Waals surface area (Å²) in [5.41, 5.74) is 5.81. The van der Waals surface area contributed by atoms with Gasteiger partial charge in [0.25, 0.3) is 0 Å². The predicted molar refractivity (Wildman–Crippen MR) is 77.8 cm³/mol. The average Bonchev–Trinajstić information content (AvgIpc) is 2.86. The van der Waals surface area contributed by atoms with Crippen LogP contribution in [0.25, 0.3) is 10.9 Å². The Kier molecular flexibility index (Phi) is 3.25. The van der Waals surface area contributed by atoms with Crippen molar-refractivity contribution in [3.05, 3.63) is 58.2 Å². The van der Waals surface area contributed by atoms with Gasteiger partial charge in [-0.05, 0) is 24.6 Å². The number of thiazole rings is 1. The lowest BCUT2D eigenvalue weighted by Gasteiger charge is -2.14. The van der Waals surface area contributed by atoms with Gasteiger partial charge in [-0.15, -0.1) is 11.3 Å². The summed E-state index contributed by atoms with van der Waals surface area (Å²) < 4.78 is 0. The molecule has 2 aromatic heterocycles. The van der Waals surface area contributed by atoms with Crippen LogP contribution in [0, 0.1) is 6.92 Å². The van der Waals surface area contributed by atoms with E-state index in [-0.39, 0.29) is 6.04 Å². The van der Waals surface area contributed by atoms with Gasteiger partial charge in [0.15, 0.2) is 0 Å². The maximum Gasteiger partial charge on any atom is 0.0898 e. The van der Waals surface area contributed by atoms with Gasteiger partial charge in [0.1, 0.15) is 0 Å². The highest BCUT2D eigenvalue weighted by Crippen LogP contribution is 2.25. The molecule has 4 nitrogen and oxygen atoms in total. The summed E-state index contributed by atoms with van der Waals surface area (Å²) in [4.78, 5) is 8.86. The number of benzene rings is 1. The highest BCUT2D eigenvalue weighted by atomic mass is 32.1. The highest BCUT2D eigenvalue weighted by Gasteiger charge is 2.15. The molecule has 0 fully saturated rings. The first-order chi connectivity index (χ1) is 9.28. The smallest absolute Gasteiger partial charge is 0.0898 e. The molecule has 96 valence electrons. The minimum Gasteiger partial charge on any atom is -0.271 e. The van der Waals surface area contributed by atoms with Crippen LogP contribution in [0.4, 0.5) is 0 Å². The van der Waals surface area contributed by atoms with Crippen LogP contribution in [-0.2, 0) is 0 Å².